The van der Waals surface area contributed by atoms with E-state index in [0.29, 0.717) is 11.3 Å². The molecule has 0 saturated carbocycles. The van der Waals surface area contributed by atoms with Crippen molar-refractivity contribution in [1.29, 1.82) is 0 Å². The number of carbonyl (C=O) groups excluding carboxylic acids is 1. The Morgan fingerprint density at radius 1 is 1.22 bits per heavy atom. The van der Waals surface area contributed by atoms with Gasteiger partial charge in [-0.15, -0.1) is 0 Å². The summed E-state index contributed by atoms with van der Waals surface area (Å²) in [7, 11) is 0. The molecule has 1 amide bonds. The van der Waals surface area contributed by atoms with Crippen LogP contribution in [-0.2, 0) is 0 Å². The molecule has 0 bridgehead atoms. The molecule has 2 nitrogen and oxygen atoms in total. The summed E-state index contributed by atoms with van der Waals surface area (Å²) in [4.78, 5) is 12.0. The number of carbonyl (C=O) groups is 1. The minimum Gasteiger partial charge on any atom is -0.322 e. The van der Waals surface area contributed by atoms with Gasteiger partial charge in [0, 0.05) is 14.8 Å². The molecule has 0 aliphatic rings. The number of amides is 1. The fourth-order valence-electron chi connectivity index (χ4n) is 1.64. The minimum atomic E-state index is -0.354. The molecule has 18 heavy (non-hydrogen) atoms. The number of hydrogen-bond donors (Lipinski definition) is 1. The molecule has 0 aromatic heterocycles. The van der Waals surface area contributed by atoms with Crippen LogP contribution in [0.3, 0.4) is 0 Å². The van der Waals surface area contributed by atoms with Crippen molar-refractivity contribution >= 4 is 34.2 Å². The van der Waals surface area contributed by atoms with E-state index in [-0.39, 0.29) is 11.7 Å². The van der Waals surface area contributed by atoms with Crippen LogP contribution in [0, 0.1) is 16.3 Å². The molecule has 0 radical (unpaired) electrons. The summed E-state index contributed by atoms with van der Waals surface area (Å²) in [6.07, 6.45) is 0. The Morgan fingerprint density at radius 3 is 2.67 bits per heavy atom. The number of benzene rings is 2. The van der Waals surface area contributed by atoms with E-state index in [4.69, 9.17) is 0 Å². The van der Waals surface area contributed by atoms with Gasteiger partial charge in [0.15, 0.2) is 0 Å². The van der Waals surface area contributed by atoms with Gasteiger partial charge in [-0.25, -0.2) is 4.39 Å². The third-order valence-electron chi connectivity index (χ3n) is 2.39. The zero-order valence-electron chi connectivity index (χ0n) is 9.71. The molecule has 0 spiro atoms. The third kappa shape index (κ3) is 3.29. The first-order chi connectivity index (χ1) is 8.54. The summed E-state index contributed by atoms with van der Waals surface area (Å²) >= 11 is 2.14. The predicted molar refractivity (Wildman–Crippen MR) is 78.2 cm³/mol. The summed E-state index contributed by atoms with van der Waals surface area (Å²) in [6.45, 7) is 1.78. The van der Waals surface area contributed by atoms with Crippen LogP contribution in [0.25, 0.3) is 0 Å². The van der Waals surface area contributed by atoms with Crippen molar-refractivity contribution in [3.8, 4) is 0 Å². The Bertz CT molecular complexity index is 578. The van der Waals surface area contributed by atoms with Gasteiger partial charge in [0.1, 0.15) is 5.82 Å². The van der Waals surface area contributed by atoms with Gasteiger partial charge in [0.25, 0.3) is 5.91 Å². The first-order valence-corrected chi connectivity index (χ1v) is 6.46. The van der Waals surface area contributed by atoms with Crippen molar-refractivity contribution in [1.82, 2.24) is 0 Å². The Morgan fingerprint density at radius 2 is 2.00 bits per heavy atom. The van der Waals surface area contributed by atoms with E-state index in [1.165, 1.54) is 12.1 Å². The van der Waals surface area contributed by atoms with E-state index >= 15 is 0 Å². The Balaban J connectivity index is 2.21. The molecule has 0 unspecified atom stereocenters. The average molecular weight is 355 g/mol. The van der Waals surface area contributed by atoms with Crippen LogP contribution in [0.15, 0.2) is 42.5 Å². The average Bonchev–Trinajstić information content (AvgIpc) is 2.27. The zero-order chi connectivity index (χ0) is 13.1. The van der Waals surface area contributed by atoms with Crippen LogP contribution in [0.5, 0.6) is 0 Å². The van der Waals surface area contributed by atoms with E-state index in [1.54, 1.807) is 25.1 Å². The van der Waals surface area contributed by atoms with Crippen molar-refractivity contribution in [2.75, 3.05) is 5.32 Å². The molecule has 0 saturated heterocycles. The van der Waals surface area contributed by atoms with Crippen LogP contribution in [-0.4, -0.2) is 5.91 Å². The number of halogens is 2. The quantitative estimate of drug-likeness (QED) is 0.811. The second kappa shape index (κ2) is 5.48. The van der Waals surface area contributed by atoms with Gasteiger partial charge in [0.05, 0.1) is 0 Å². The molecule has 1 N–H and O–H groups in total. The van der Waals surface area contributed by atoms with Crippen LogP contribution in [0.4, 0.5) is 10.1 Å². The van der Waals surface area contributed by atoms with Gasteiger partial charge in [-0.1, -0.05) is 6.07 Å². The first-order valence-electron chi connectivity index (χ1n) is 5.39. The fourth-order valence-corrected chi connectivity index (χ4v) is 2.18. The van der Waals surface area contributed by atoms with Gasteiger partial charge in [-0.05, 0) is 71.5 Å². The highest BCUT2D eigenvalue weighted by molar-refractivity contribution is 14.1. The third-order valence-corrected chi connectivity index (χ3v) is 3.06. The maximum atomic E-state index is 13.2. The van der Waals surface area contributed by atoms with Crippen molar-refractivity contribution in [3.05, 3.63) is 63.0 Å². The zero-order valence-corrected chi connectivity index (χ0v) is 11.9. The normalized spacial score (nSPS) is 10.2. The van der Waals surface area contributed by atoms with Crippen molar-refractivity contribution in [3.63, 3.8) is 0 Å². The first kappa shape index (κ1) is 13.0. The van der Waals surface area contributed by atoms with Gasteiger partial charge in [-0.2, -0.15) is 0 Å². The van der Waals surface area contributed by atoms with E-state index in [9.17, 15) is 9.18 Å². The topological polar surface area (TPSA) is 29.1 Å². The molecule has 4 heteroatoms. The molecule has 0 aliphatic heterocycles. The lowest BCUT2D eigenvalue weighted by Gasteiger charge is -2.06. The molecule has 2 rings (SSSR count). The van der Waals surface area contributed by atoms with E-state index < -0.39 is 0 Å². The van der Waals surface area contributed by atoms with Gasteiger partial charge < -0.3 is 5.32 Å². The highest BCUT2D eigenvalue weighted by atomic mass is 127. The molecular weight excluding hydrogens is 344 g/mol. The number of rotatable bonds is 2. The molecule has 2 aromatic carbocycles. The smallest absolute Gasteiger partial charge is 0.255 e. The Hall–Kier alpha value is -1.43. The molecule has 0 heterocycles. The molecule has 92 valence electrons. The lowest BCUT2D eigenvalue weighted by atomic mass is 10.2. The monoisotopic (exact) mass is 355 g/mol. The SMILES string of the molecule is Cc1cc(F)cc(NC(=O)c2cccc(I)c2)c1. The van der Waals surface area contributed by atoms with E-state index in [2.05, 4.69) is 27.9 Å². The van der Waals surface area contributed by atoms with Gasteiger partial charge >= 0.3 is 0 Å². The molecule has 0 fully saturated rings. The second-order valence-corrected chi connectivity index (χ2v) is 5.23. The van der Waals surface area contributed by atoms with Crippen molar-refractivity contribution in [2.45, 2.75) is 6.92 Å². The highest BCUT2D eigenvalue weighted by Crippen LogP contribution is 2.15. The number of hydrogen-bond acceptors (Lipinski definition) is 1. The fraction of sp³-hybridized carbons (Fsp3) is 0.0714. The lowest BCUT2D eigenvalue weighted by molar-refractivity contribution is 0.102. The number of aryl methyl sites for hydroxylation is 1. The molecular formula is C14H11FINO. The van der Waals surface area contributed by atoms with Crippen LogP contribution >= 0.6 is 22.6 Å². The summed E-state index contributed by atoms with van der Waals surface area (Å²) in [5, 5.41) is 2.68. The second-order valence-electron chi connectivity index (χ2n) is 3.98. The Labute approximate surface area is 118 Å². The van der Waals surface area contributed by atoms with Gasteiger partial charge in [0.2, 0.25) is 0 Å². The van der Waals surface area contributed by atoms with E-state index in [0.717, 1.165) is 9.13 Å². The van der Waals surface area contributed by atoms with Crippen LogP contribution in [0.2, 0.25) is 0 Å². The maximum absolute atomic E-state index is 13.2. The Kier molecular flexibility index (Phi) is 3.96. The lowest BCUT2D eigenvalue weighted by Crippen LogP contribution is -2.12. The summed E-state index contributed by atoms with van der Waals surface area (Å²) in [5.74, 6) is -0.591. The van der Waals surface area contributed by atoms with Gasteiger partial charge in [-0.3, -0.25) is 4.79 Å². The number of anilines is 1. The molecule has 0 aliphatic carbocycles. The van der Waals surface area contributed by atoms with Crippen LogP contribution in [0.1, 0.15) is 15.9 Å². The maximum Gasteiger partial charge on any atom is 0.255 e. The molecule has 0 atom stereocenters. The largest absolute Gasteiger partial charge is 0.322 e. The summed E-state index contributed by atoms with van der Waals surface area (Å²) < 4.78 is 14.2. The van der Waals surface area contributed by atoms with Crippen molar-refractivity contribution < 1.29 is 9.18 Å². The highest BCUT2D eigenvalue weighted by Gasteiger charge is 2.07. The van der Waals surface area contributed by atoms with E-state index in [1.807, 2.05) is 12.1 Å². The number of nitrogens with one attached hydrogen (secondary N) is 1. The predicted octanol–water partition coefficient (Wildman–Crippen LogP) is 3.99. The van der Waals surface area contributed by atoms with Crippen LogP contribution < -0.4 is 5.32 Å². The summed E-state index contributed by atoms with van der Waals surface area (Å²) in [5.41, 5.74) is 1.80. The summed E-state index contributed by atoms with van der Waals surface area (Å²) in [6, 6.07) is 11.7. The van der Waals surface area contributed by atoms with Crippen molar-refractivity contribution in [2.24, 2.45) is 0 Å². The molecule has 2 aromatic rings. The standard InChI is InChI=1S/C14H11FINO/c1-9-5-11(15)8-13(6-9)17-14(18)10-3-2-4-12(16)7-10/h2-8H,1H3,(H,17,18). The minimum absolute atomic E-state index is 0.237.